The van der Waals surface area contributed by atoms with Gasteiger partial charge in [-0.1, -0.05) is 57.2 Å². The number of carbonyl (C=O) groups is 3. The van der Waals surface area contributed by atoms with E-state index >= 15 is 0 Å². The summed E-state index contributed by atoms with van der Waals surface area (Å²) in [6.45, 7) is 8.73. The number of hydrogen-bond donors (Lipinski definition) is 4. The molecule has 0 aliphatic carbocycles. The molecule has 0 bridgehead atoms. The Hall–Kier alpha value is -6.15. The fraction of sp³-hybridized carbons (Fsp3) is 0.391. The molecule has 19 heteroatoms. The number of halogens is 3. The van der Waals surface area contributed by atoms with Gasteiger partial charge in [0.25, 0.3) is 0 Å². The lowest BCUT2D eigenvalue weighted by molar-refractivity contribution is -0.274. The minimum absolute atomic E-state index is 0.00894. The smallest absolute Gasteiger partial charge is 0.491 e. The summed E-state index contributed by atoms with van der Waals surface area (Å²) >= 11 is 1.56. The van der Waals surface area contributed by atoms with Crippen LogP contribution in [0.5, 0.6) is 11.5 Å². The Morgan fingerprint density at radius 3 is 2.29 bits per heavy atom. The Morgan fingerprint density at radius 2 is 1.60 bits per heavy atom. The molecule has 1 unspecified atom stereocenters. The van der Waals surface area contributed by atoms with E-state index in [-0.39, 0.29) is 70.6 Å². The van der Waals surface area contributed by atoms with E-state index in [1.165, 1.54) is 35.5 Å². The Kier molecular flexibility index (Phi) is 16.5. The summed E-state index contributed by atoms with van der Waals surface area (Å²) in [6.07, 6.45) is -4.21. The first kappa shape index (κ1) is 48.3. The molecule has 0 radical (unpaired) electrons. The normalized spacial score (nSPS) is 15.6. The molecule has 0 saturated carbocycles. The van der Waals surface area contributed by atoms with Crippen LogP contribution in [0.3, 0.4) is 0 Å². The first-order valence-corrected chi connectivity index (χ1v) is 21.8. The maximum atomic E-state index is 13.9. The van der Waals surface area contributed by atoms with Crippen LogP contribution in [-0.2, 0) is 30.4 Å². The van der Waals surface area contributed by atoms with E-state index in [9.17, 15) is 32.7 Å². The molecule has 1 aliphatic rings. The van der Waals surface area contributed by atoms with Crippen LogP contribution in [0.4, 0.5) is 24.7 Å². The maximum absolute atomic E-state index is 13.9. The second-order valence-corrected chi connectivity index (χ2v) is 17.1. The number of rotatable bonds is 20. The Labute approximate surface area is 378 Å². The molecule has 15 nitrogen and oxygen atoms in total. The fourth-order valence-corrected chi connectivity index (χ4v) is 7.75. The Bertz CT molecular complexity index is 2360. The number of nitrogens with one attached hydrogen (secondary N) is 3. The summed E-state index contributed by atoms with van der Waals surface area (Å²) in [7, 11) is 0. The highest BCUT2D eigenvalue weighted by atomic mass is 32.1. The first-order valence-electron chi connectivity index (χ1n) is 20.9. The number of benzene rings is 3. The zero-order chi connectivity index (χ0) is 46.6. The molecular weight excluding hydrogens is 868 g/mol. The van der Waals surface area contributed by atoms with Gasteiger partial charge in [0.1, 0.15) is 42.3 Å². The quantitative estimate of drug-likeness (QED) is 0.0598. The summed E-state index contributed by atoms with van der Waals surface area (Å²) in [5.41, 5.74) is 5.82. The maximum Gasteiger partial charge on any atom is 0.573 e. The Morgan fingerprint density at radius 1 is 0.877 bits per heavy atom. The molecule has 6 rings (SSSR count). The zero-order valence-corrected chi connectivity index (χ0v) is 37.2. The largest absolute Gasteiger partial charge is 0.573 e. The van der Waals surface area contributed by atoms with E-state index in [1.54, 1.807) is 35.0 Å². The molecule has 3 amide bonds. The third-order valence-corrected chi connectivity index (χ3v) is 11.2. The molecule has 1 aliphatic heterocycles. The van der Waals surface area contributed by atoms with Crippen LogP contribution >= 0.6 is 11.3 Å². The lowest BCUT2D eigenvalue weighted by Gasteiger charge is -2.35. The lowest BCUT2D eigenvalue weighted by Crippen LogP contribution is -2.57. The number of ether oxygens (including phenoxy) is 4. The third kappa shape index (κ3) is 14.4. The monoisotopic (exact) mass is 919 g/mol. The number of aryl methyl sites for hydroxylation is 1. The van der Waals surface area contributed by atoms with Crippen molar-refractivity contribution >= 4 is 40.6 Å². The number of β-amino-alcohol motifs (C(OH)–C–C–N with tert-alkyl or cyclic N) is 1. The minimum atomic E-state index is -4.78. The highest BCUT2D eigenvalue weighted by Crippen LogP contribution is 2.30. The van der Waals surface area contributed by atoms with Crippen LogP contribution in [0.15, 0.2) is 90.7 Å². The number of alkyl halides is 3. The van der Waals surface area contributed by atoms with Crippen molar-refractivity contribution < 1.29 is 51.6 Å². The van der Waals surface area contributed by atoms with Gasteiger partial charge in [0.15, 0.2) is 0 Å². The van der Waals surface area contributed by atoms with E-state index in [0.29, 0.717) is 22.9 Å². The number of amides is 3. The van der Waals surface area contributed by atoms with Gasteiger partial charge in [-0.25, -0.2) is 15.0 Å². The molecule has 1 saturated heterocycles. The van der Waals surface area contributed by atoms with Gasteiger partial charge in [-0.15, -0.1) is 24.5 Å². The second-order valence-electron chi connectivity index (χ2n) is 16.3. The van der Waals surface area contributed by atoms with Crippen LogP contribution in [0.25, 0.3) is 21.7 Å². The standard InChI is InChI=1S/C46H52F3N7O8S/c1-29-41(65-28-53-29)31-10-8-30(9-11-31)25-50-43(59)38-23-34(57)26-56(38)44(60)42(45(2,3)4)55-40(58)16-17-61-18-19-62-20-21-63-36-7-5-6-32(22-36)37-24-39(52-27-51-37)54-33-12-14-35(15-13-33)64-46(47,48)49/h5-15,22,24,27-28,34,38,42,57H,16-21,23,25-26H2,1-4H3,(H,50,59)(H,55,58)(H,51,52,54)/t34-,38+,42?/m1/s1. The van der Waals surface area contributed by atoms with Gasteiger partial charge in [-0.2, -0.15) is 0 Å². The van der Waals surface area contributed by atoms with Gasteiger partial charge in [-0.3, -0.25) is 14.4 Å². The molecule has 2 aromatic heterocycles. The number of hydrogen-bond acceptors (Lipinski definition) is 13. The van der Waals surface area contributed by atoms with Crippen molar-refractivity contribution in [3.05, 3.63) is 102 Å². The number of likely N-dealkylation sites (tertiary alicyclic amines) is 1. The van der Waals surface area contributed by atoms with Crippen molar-refractivity contribution in [3.8, 4) is 33.2 Å². The lowest BCUT2D eigenvalue weighted by atomic mass is 9.85. The van der Waals surface area contributed by atoms with Gasteiger partial charge >= 0.3 is 6.36 Å². The summed E-state index contributed by atoms with van der Waals surface area (Å²) in [5.74, 6) is -0.546. The SMILES string of the molecule is Cc1ncsc1-c1ccc(CNC(=O)[C@@H]2C[C@@H](O)CN2C(=O)C(NC(=O)CCOCCOCCOc2cccc(-c3cc(Nc4ccc(OC(F)(F)F)cc4)ncn3)c2)C(C)(C)C)cc1. The predicted molar refractivity (Wildman–Crippen MR) is 237 cm³/mol. The third-order valence-electron chi connectivity index (χ3n) is 10.2. The molecule has 0 spiro atoms. The van der Waals surface area contributed by atoms with Crippen LogP contribution in [0.2, 0.25) is 0 Å². The molecule has 1 fully saturated rings. The van der Waals surface area contributed by atoms with E-state index in [0.717, 1.165) is 27.3 Å². The topological polar surface area (TPSA) is 186 Å². The van der Waals surface area contributed by atoms with Crippen molar-refractivity contribution in [2.45, 2.75) is 71.6 Å². The zero-order valence-electron chi connectivity index (χ0n) is 36.4. The molecule has 65 heavy (non-hydrogen) atoms. The van der Waals surface area contributed by atoms with E-state index in [1.807, 2.05) is 64.1 Å². The average molecular weight is 920 g/mol. The van der Waals surface area contributed by atoms with E-state index < -0.39 is 41.8 Å². The predicted octanol–water partition coefficient (Wildman–Crippen LogP) is 6.83. The number of aromatic nitrogens is 3. The van der Waals surface area contributed by atoms with Gasteiger partial charge in [0.2, 0.25) is 17.7 Å². The van der Waals surface area contributed by atoms with Crippen LogP contribution in [0, 0.1) is 12.3 Å². The molecule has 3 aromatic carbocycles. The van der Waals surface area contributed by atoms with E-state index in [4.69, 9.17) is 14.2 Å². The summed E-state index contributed by atoms with van der Waals surface area (Å²) in [6, 6.07) is 20.2. The summed E-state index contributed by atoms with van der Waals surface area (Å²) in [5, 5.41) is 19.3. The Balaban J connectivity index is 0.881. The summed E-state index contributed by atoms with van der Waals surface area (Å²) in [4.78, 5) is 55.7. The van der Waals surface area contributed by atoms with E-state index in [2.05, 4.69) is 35.6 Å². The number of aliphatic hydroxyl groups is 1. The molecular formula is C46H52F3N7O8S. The number of aliphatic hydroxyl groups excluding tert-OH is 1. The van der Waals surface area contributed by atoms with Crippen molar-refractivity contribution in [1.29, 1.82) is 0 Å². The van der Waals surface area contributed by atoms with Gasteiger partial charge in [-0.05, 0) is 59.9 Å². The molecule has 4 N–H and O–H groups in total. The molecule has 346 valence electrons. The van der Waals surface area contributed by atoms with Crippen LogP contribution in [-0.4, -0.2) is 107 Å². The van der Waals surface area contributed by atoms with Gasteiger partial charge in [0.05, 0.1) is 54.3 Å². The highest BCUT2D eigenvalue weighted by Gasteiger charge is 2.44. The molecule has 5 aromatic rings. The number of thiazole rings is 1. The minimum Gasteiger partial charge on any atom is -0.491 e. The summed E-state index contributed by atoms with van der Waals surface area (Å²) < 4.78 is 58.5. The number of anilines is 2. The molecule has 3 heterocycles. The van der Waals surface area contributed by atoms with Crippen molar-refractivity contribution in [2.75, 3.05) is 44.9 Å². The second kappa shape index (κ2) is 22.2. The van der Waals surface area contributed by atoms with Gasteiger partial charge in [0, 0.05) is 43.2 Å². The van der Waals surface area contributed by atoms with Crippen molar-refractivity contribution in [1.82, 2.24) is 30.5 Å². The van der Waals surface area contributed by atoms with Crippen molar-refractivity contribution in [2.24, 2.45) is 5.41 Å². The first-order chi connectivity index (χ1) is 31.0. The van der Waals surface area contributed by atoms with Gasteiger partial charge < -0.3 is 44.9 Å². The number of carbonyl (C=O) groups excluding carboxylic acids is 3. The molecule has 3 atom stereocenters. The average Bonchev–Trinajstić information content (AvgIpc) is 3.89. The van der Waals surface area contributed by atoms with Crippen molar-refractivity contribution in [3.63, 3.8) is 0 Å². The highest BCUT2D eigenvalue weighted by molar-refractivity contribution is 7.13. The number of nitrogens with zero attached hydrogens (tertiary/aromatic N) is 4. The van der Waals surface area contributed by atoms with Crippen LogP contribution in [0.1, 0.15) is 44.9 Å². The van der Waals surface area contributed by atoms with Crippen LogP contribution < -0.4 is 25.4 Å². The fourth-order valence-electron chi connectivity index (χ4n) is 6.94.